The second-order valence-corrected chi connectivity index (χ2v) is 12.1. The van der Waals surface area contributed by atoms with Gasteiger partial charge in [0, 0.05) is 6.42 Å². The van der Waals surface area contributed by atoms with Crippen LogP contribution in [0, 0.1) is 0 Å². The van der Waals surface area contributed by atoms with Gasteiger partial charge in [0.15, 0.2) is 0 Å². The first-order valence-electron chi connectivity index (χ1n) is 17.7. The van der Waals surface area contributed by atoms with Gasteiger partial charge in [0.2, 0.25) is 0 Å². The maximum Gasteiger partial charge on any atom is 0.303 e. The van der Waals surface area contributed by atoms with Gasteiger partial charge in [-0.2, -0.15) is 0 Å². The van der Waals surface area contributed by atoms with Crippen molar-refractivity contribution < 1.29 is 9.90 Å². The molecule has 0 saturated carbocycles. The molecule has 2 N–H and O–H groups in total. The smallest absolute Gasteiger partial charge is 0.303 e. The van der Waals surface area contributed by atoms with E-state index in [1.807, 2.05) is 0 Å². The average Bonchev–Trinajstić information content (AvgIpc) is 2.91. The minimum Gasteiger partial charge on any atom is -0.481 e. The Morgan fingerprint density at radius 2 is 0.632 bits per heavy atom. The average molecular weight is 538 g/mol. The Hall–Kier alpha value is -0.570. The SMILES string of the molecule is CCCCCCCCCCCCCCCCCCCCCCNCCCCCCCCCCCCC(=O)O. The molecular formula is C35H71NO2. The third kappa shape index (κ3) is 35.4. The second kappa shape index (κ2) is 34.5. The number of carbonyl (C=O) groups is 1. The molecule has 0 rings (SSSR count). The van der Waals surface area contributed by atoms with Gasteiger partial charge in [-0.05, 0) is 32.4 Å². The van der Waals surface area contributed by atoms with Crippen molar-refractivity contribution in [3.8, 4) is 0 Å². The van der Waals surface area contributed by atoms with Crippen molar-refractivity contribution in [3.05, 3.63) is 0 Å². The highest BCUT2D eigenvalue weighted by atomic mass is 16.4. The maximum absolute atomic E-state index is 10.5. The van der Waals surface area contributed by atoms with Crippen LogP contribution < -0.4 is 5.32 Å². The Labute approximate surface area is 240 Å². The number of carboxylic acids is 1. The van der Waals surface area contributed by atoms with E-state index in [9.17, 15) is 4.79 Å². The topological polar surface area (TPSA) is 49.3 Å². The molecular weight excluding hydrogens is 466 g/mol. The van der Waals surface area contributed by atoms with Crippen LogP contribution in [0.4, 0.5) is 0 Å². The minimum absolute atomic E-state index is 0.341. The third-order valence-electron chi connectivity index (χ3n) is 8.20. The summed E-state index contributed by atoms with van der Waals surface area (Å²) in [6.07, 6.45) is 41.9. The van der Waals surface area contributed by atoms with Gasteiger partial charge in [-0.1, -0.05) is 180 Å². The minimum atomic E-state index is -0.653. The molecule has 0 unspecified atom stereocenters. The van der Waals surface area contributed by atoms with E-state index >= 15 is 0 Å². The zero-order valence-electron chi connectivity index (χ0n) is 26.2. The lowest BCUT2D eigenvalue weighted by Crippen LogP contribution is -2.16. The summed E-state index contributed by atoms with van der Waals surface area (Å²) in [6.45, 7) is 4.71. The molecule has 0 fully saturated rings. The number of unbranched alkanes of at least 4 members (excludes halogenated alkanes) is 28. The zero-order valence-corrected chi connectivity index (χ0v) is 26.2. The lowest BCUT2D eigenvalue weighted by Gasteiger charge is -2.06. The largest absolute Gasteiger partial charge is 0.481 e. The van der Waals surface area contributed by atoms with E-state index in [-0.39, 0.29) is 0 Å². The van der Waals surface area contributed by atoms with E-state index in [0.29, 0.717) is 6.42 Å². The van der Waals surface area contributed by atoms with Crippen molar-refractivity contribution in [2.75, 3.05) is 13.1 Å². The van der Waals surface area contributed by atoms with Gasteiger partial charge < -0.3 is 10.4 Å². The lowest BCUT2D eigenvalue weighted by atomic mass is 10.0. The molecule has 38 heavy (non-hydrogen) atoms. The van der Waals surface area contributed by atoms with Gasteiger partial charge >= 0.3 is 5.97 Å². The van der Waals surface area contributed by atoms with Gasteiger partial charge in [0.05, 0.1) is 0 Å². The van der Waals surface area contributed by atoms with Crippen LogP contribution in [-0.4, -0.2) is 24.2 Å². The predicted octanol–water partition coefficient (Wildman–Crippen LogP) is 11.8. The summed E-state index contributed by atoms with van der Waals surface area (Å²) in [5, 5.41) is 12.3. The summed E-state index contributed by atoms with van der Waals surface area (Å²) >= 11 is 0. The highest BCUT2D eigenvalue weighted by Gasteiger charge is 1.98. The van der Waals surface area contributed by atoms with Crippen molar-refractivity contribution in [1.29, 1.82) is 0 Å². The number of aliphatic carboxylic acids is 1. The second-order valence-electron chi connectivity index (χ2n) is 12.1. The van der Waals surface area contributed by atoms with Crippen LogP contribution >= 0.6 is 0 Å². The molecule has 0 atom stereocenters. The number of hydrogen-bond donors (Lipinski definition) is 2. The van der Waals surface area contributed by atoms with Gasteiger partial charge in [0.25, 0.3) is 0 Å². The lowest BCUT2D eigenvalue weighted by molar-refractivity contribution is -0.137. The molecule has 3 nitrogen and oxygen atoms in total. The molecule has 0 saturated heterocycles. The van der Waals surface area contributed by atoms with Crippen molar-refractivity contribution in [1.82, 2.24) is 5.32 Å². The molecule has 0 aromatic carbocycles. The Morgan fingerprint density at radius 1 is 0.395 bits per heavy atom. The molecule has 0 bridgehead atoms. The first-order chi connectivity index (χ1) is 18.8. The fourth-order valence-corrected chi connectivity index (χ4v) is 5.57. The summed E-state index contributed by atoms with van der Waals surface area (Å²) in [4.78, 5) is 10.5. The third-order valence-corrected chi connectivity index (χ3v) is 8.20. The Kier molecular flexibility index (Phi) is 33.9. The molecule has 0 aliphatic heterocycles. The first kappa shape index (κ1) is 37.4. The highest BCUT2D eigenvalue weighted by molar-refractivity contribution is 5.66. The van der Waals surface area contributed by atoms with Crippen LogP contribution in [0.25, 0.3) is 0 Å². The molecule has 0 aromatic rings. The molecule has 3 heteroatoms. The van der Waals surface area contributed by atoms with Crippen molar-refractivity contribution in [2.45, 2.75) is 206 Å². The van der Waals surface area contributed by atoms with Crippen LogP contribution in [0.5, 0.6) is 0 Å². The van der Waals surface area contributed by atoms with Crippen LogP contribution in [0.3, 0.4) is 0 Å². The van der Waals surface area contributed by atoms with Crippen LogP contribution in [0.1, 0.15) is 206 Å². The van der Waals surface area contributed by atoms with E-state index in [4.69, 9.17) is 5.11 Å². The van der Waals surface area contributed by atoms with Crippen molar-refractivity contribution in [2.24, 2.45) is 0 Å². The summed E-state index contributed by atoms with van der Waals surface area (Å²) in [6, 6.07) is 0. The number of rotatable bonds is 34. The fraction of sp³-hybridized carbons (Fsp3) is 0.971. The van der Waals surface area contributed by atoms with E-state index in [1.54, 1.807) is 0 Å². The number of hydrogen-bond acceptors (Lipinski definition) is 2. The number of carboxylic acid groups (broad SMARTS) is 1. The zero-order chi connectivity index (χ0) is 27.6. The quantitative estimate of drug-likeness (QED) is 0.0802. The summed E-state index contributed by atoms with van der Waals surface area (Å²) in [7, 11) is 0. The van der Waals surface area contributed by atoms with Gasteiger partial charge in [-0.25, -0.2) is 0 Å². The van der Waals surface area contributed by atoms with Crippen molar-refractivity contribution in [3.63, 3.8) is 0 Å². The van der Waals surface area contributed by atoms with Crippen LogP contribution in [0.2, 0.25) is 0 Å². The first-order valence-corrected chi connectivity index (χ1v) is 17.7. The molecule has 0 aromatic heterocycles. The van der Waals surface area contributed by atoms with Gasteiger partial charge in [-0.15, -0.1) is 0 Å². The molecule has 0 radical (unpaired) electrons. The Morgan fingerprint density at radius 3 is 0.895 bits per heavy atom. The molecule has 228 valence electrons. The molecule has 0 amide bonds. The fourth-order valence-electron chi connectivity index (χ4n) is 5.57. The van der Waals surface area contributed by atoms with E-state index in [1.165, 1.54) is 193 Å². The summed E-state index contributed by atoms with van der Waals surface area (Å²) in [5.74, 6) is -0.653. The summed E-state index contributed by atoms with van der Waals surface area (Å²) < 4.78 is 0. The molecule has 0 aliphatic carbocycles. The van der Waals surface area contributed by atoms with Crippen molar-refractivity contribution >= 4 is 5.97 Å². The van der Waals surface area contributed by atoms with Gasteiger partial charge in [-0.3, -0.25) is 4.79 Å². The Bertz CT molecular complexity index is 440. The molecule has 0 spiro atoms. The van der Waals surface area contributed by atoms with Gasteiger partial charge in [0.1, 0.15) is 0 Å². The summed E-state index contributed by atoms with van der Waals surface area (Å²) in [5.41, 5.74) is 0. The van der Waals surface area contributed by atoms with E-state index in [2.05, 4.69) is 12.2 Å². The molecule has 0 aliphatic rings. The Balaban J connectivity index is 3.02. The maximum atomic E-state index is 10.5. The molecule has 0 heterocycles. The highest BCUT2D eigenvalue weighted by Crippen LogP contribution is 2.15. The van der Waals surface area contributed by atoms with Crippen LogP contribution in [-0.2, 0) is 4.79 Å². The number of nitrogens with one attached hydrogen (secondary N) is 1. The van der Waals surface area contributed by atoms with E-state index in [0.717, 1.165) is 12.8 Å². The predicted molar refractivity (Wildman–Crippen MR) is 169 cm³/mol. The monoisotopic (exact) mass is 538 g/mol. The van der Waals surface area contributed by atoms with E-state index < -0.39 is 5.97 Å². The van der Waals surface area contributed by atoms with Crippen LogP contribution in [0.15, 0.2) is 0 Å². The normalized spacial score (nSPS) is 11.4. The standard InChI is InChI=1S/C35H71NO2/c1-2-3-4-5-6-7-8-9-10-11-12-13-14-15-16-18-21-24-27-30-33-36-34-31-28-25-22-19-17-20-23-26-29-32-35(37)38/h36H,2-34H2,1H3,(H,37,38).